The highest BCUT2D eigenvalue weighted by Gasteiger charge is 2.32. The number of rotatable bonds is 5. The molecule has 4 heterocycles. The van der Waals surface area contributed by atoms with E-state index in [2.05, 4.69) is 45.3 Å². The van der Waals surface area contributed by atoms with Crippen molar-refractivity contribution in [2.45, 2.75) is 58.8 Å². The number of benzene rings is 1. The summed E-state index contributed by atoms with van der Waals surface area (Å²) in [6.07, 6.45) is 11.8. The van der Waals surface area contributed by atoms with E-state index in [0.717, 1.165) is 67.5 Å². The maximum atomic E-state index is 13.7. The Labute approximate surface area is 230 Å². The largest absolute Gasteiger partial charge is 0.370 e. The van der Waals surface area contributed by atoms with E-state index in [4.69, 9.17) is 4.98 Å². The Hall–Kier alpha value is -3.20. The molecule has 8 nitrogen and oxygen atoms in total. The fourth-order valence-electron chi connectivity index (χ4n) is 5.50. The van der Waals surface area contributed by atoms with E-state index < -0.39 is 0 Å². The first-order valence-electron chi connectivity index (χ1n) is 13.9. The molecule has 4 bridgehead atoms. The van der Waals surface area contributed by atoms with Crippen LogP contribution in [0.4, 0.5) is 23.0 Å². The Kier molecular flexibility index (Phi) is 8.42. The Balaban J connectivity index is 1.50. The van der Waals surface area contributed by atoms with Gasteiger partial charge in [-0.15, -0.1) is 0 Å². The van der Waals surface area contributed by atoms with Crippen molar-refractivity contribution in [3.05, 3.63) is 54.4 Å². The van der Waals surface area contributed by atoms with Gasteiger partial charge in [-0.3, -0.25) is 4.79 Å². The predicted octanol–water partition coefficient (Wildman–Crippen LogP) is 6.58. The molecule has 5 rings (SSSR count). The molecular formula is C29H39N7OS. The first kappa shape index (κ1) is 26.4. The van der Waals surface area contributed by atoms with E-state index >= 15 is 0 Å². The van der Waals surface area contributed by atoms with Crippen LogP contribution in [0.25, 0.3) is 5.69 Å². The second-order valence-corrected chi connectivity index (χ2v) is 11.6. The normalized spacial score (nSPS) is 20.3. The fourth-order valence-corrected chi connectivity index (χ4v) is 6.10. The molecule has 0 spiro atoms. The summed E-state index contributed by atoms with van der Waals surface area (Å²) < 4.78 is 5.27. The molecule has 1 atom stereocenters. The summed E-state index contributed by atoms with van der Waals surface area (Å²) in [6.45, 7) is 7.36. The summed E-state index contributed by atoms with van der Waals surface area (Å²) >= 11 is 1.71. The molecule has 0 radical (unpaired) electrons. The lowest BCUT2D eigenvalue weighted by molar-refractivity contribution is 0.102. The van der Waals surface area contributed by atoms with Crippen molar-refractivity contribution in [3.63, 3.8) is 0 Å². The molecular weight excluding hydrogens is 494 g/mol. The maximum absolute atomic E-state index is 13.7. The van der Waals surface area contributed by atoms with Crippen molar-refractivity contribution in [1.29, 1.82) is 0 Å². The van der Waals surface area contributed by atoms with Crippen LogP contribution in [-0.2, 0) is 0 Å². The van der Waals surface area contributed by atoms with Gasteiger partial charge in [0.2, 0.25) is 0 Å². The predicted molar refractivity (Wildman–Crippen MR) is 159 cm³/mol. The number of pyridine rings is 1. The summed E-state index contributed by atoms with van der Waals surface area (Å²) in [6, 6.07) is 11.8. The number of hydrogen-bond donors (Lipinski definition) is 3. The van der Waals surface area contributed by atoms with Gasteiger partial charge < -0.3 is 20.3 Å². The SMILES string of the molecule is CCCSNc1ccc2c(c1)N1CCCC(C)(CCCCCNc3nc(ccc3-n3cccn3)NC2=O)C1. The van der Waals surface area contributed by atoms with E-state index in [9.17, 15) is 4.79 Å². The van der Waals surface area contributed by atoms with Crippen molar-refractivity contribution in [2.24, 2.45) is 5.41 Å². The smallest absolute Gasteiger partial charge is 0.258 e. The third-order valence-corrected chi connectivity index (χ3v) is 8.47. The van der Waals surface area contributed by atoms with Gasteiger partial charge in [-0.05, 0) is 73.9 Å². The highest BCUT2D eigenvalue weighted by molar-refractivity contribution is 8.00. The molecule has 0 saturated carbocycles. The lowest BCUT2D eigenvalue weighted by atomic mass is 9.77. The van der Waals surface area contributed by atoms with Crippen LogP contribution in [0.2, 0.25) is 0 Å². The van der Waals surface area contributed by atoms with Crippen molar-refractivity contribution >= 4 is 40.9 Å². The van der Waals surface area contributed by atoms with Crippen LogP contribution in [0, 0.1) is 5.41 Å². The molecule has 9 heteroatoms. The van der Waals surface area contributed by atoms with Gasteiger partial charge in [-0.1, -0.05) is 38.6 Å². The van der Waals surface area contributed by atoms with Gasteiger partial charge >= 0.3 is 0 Å². The van der Waals surface area contributed by atoms with Gasteiger partial charge in [0.15, 0.2) is 5.82 Å². The number of hydrogen-bond acceptors (Lipinski definition) is 7. The number of nitrogens with zero attached hydrogens (tertiary/aromatic N) is 4. The maximum Gasteiger partial charge on any atom is 0.258 e. The monoisotopic (exact) mass is 533 g/mol. The number of anilines is 4. The number of carbonyl (C=O) groups excluding carboxylic acids is 1. The topological polar surface area (TPSA) is 87.1 Å². The lowest BCUT2D eigenvalue weighted by Gasteiger charge is -2.42. The first-order chi connectivity index (χ1) is 18.5. The molecule has 2 aliphatic heterocycles. The molecule has 3 N–H and O–H groups in total. The van der Waals surface area contributed by atoms with Crippen LogP contribution in [0.15, 0.2) is 48.8 Å². The van der Waals surface area contributed by atoms with Crippen molar-refractivity contribution in [1.82, 2.24) is 14.8 Å². The van der Waals surface area contributed by atoms with Gasteiger partial charge in [-0.25, -0.2) is 9.67 Å². The molecule has 1 amide bonds. The molecule has 0 aliphatic carbocycles. The van der Waals surface area contributed by atoms with Crippen LogP contribution in [0.5, 0.6) is 0 Å². The Morgan fingerprint density at radius 2 is 2.00 bits per heavy atom. The summed E-state index contributed by atoms with van der Waals surface area (Å²) in [7, 11) is 0. The van der Waals surface area contributed by atoms with E-state index in [0.29, 0.717) is 11.4 Å². The van der Waals surface area contributed by atoms with E-state index in [1.807, 2.05) is 36.5 Å². The zero-order valence-corrected chi connectivity index (χ0v) is 23.3. The second-order valence-electron chi connectivity index (χ2n) is 10.7. The zero-order chi connectivity index (χ0) is 26.4. The molecule has 2 aromatic heterocycles. The van der Waals surface area contributed by atoms with E-state index in [1.165, 1.54) is 25.7 Å². The zero-order valence-electron chi connectivity index (χ0n) is 22.5. The van der Waals surface area contributed by atoms with Crippen LogP contribution in [0.3, 0.4) is 0 Å². The molecule has 2 aliphatic rings. The highest BCUT2D eigenvalue weighted by atomic mass is 32.2. The number of carbonyl (C=O) groups is 1. The number of nitrogens with one attached hydrogen (secondary N) is 3. The molecule has 1 aromatic carbocycles. The number of fused-ring (bicyclic) bond motifs is 6. The van der Waals surface area contributed by atoms with Crippen LogP contribution in [0.1, 0.15) is 69.2 Å². The second kappa shape index (κ2) is 12.1. The third-order valence-electron chi connectivity index (χ3n) is 7.48. The minimum Gasteiger partial charge on any atom is -0.370 e. The summed E-state index contributed by atoms with van der Waals surface area (Å²) in [5.74, 6) is 2.14. The quantitative estimate of drug-likeness (QED) is 0.252. The number of amides is 1. The molecule has 3 aromatic rings. The average Bonchev–Trinajstić information content (AvgIpc) is 3.45. The van der Waals surface area contributed by atoms with Crippen LogP contribution in [-0.4, -0.2) is 46.1 Å². The molecule has 1 fully saturated rings. The van der Waals surface area contributed by atoms with Crippen molar-refractivity contribution in [3.8, 4) is 5.69 Å². The Bertz CT molecular complexity index is 1230. The molecule has 1 saturated heterocycles. The van der Waals surface area contributed by atoms with Gasteiger partial charge in [0.1, 0.15) is 11.5 Å². The highest BCUT2D eigenvalue weighted by Crippen LogP contribution is 2.39. The summed E-state index contributed by atoms with van der Waals surface area (Å²) in [5, 5.41) is 11.0. The van der Waals surface area contributed by atoms with Crippen molar-refractivity contribution in [2.75, 3.05) is 45.6 Å². The summed E-state index contributed by atoms with van der Waals surface area (Å²) in [4.78, 5) is 20.9. The standard InChI is InChI=1S/C29H39N7OS/c1-3-19-38-34-22-9-10-23-25(20-22)35-17-7-14-29(2,21-35)13-5-4-6-15-30-27-24(36-18-8-16-31-36)11-12-26(32-27)33-28(23)37/h8-12,16,18,20,34H,3-7,13-15,17,19,21H2,1-2H3,(H2,30,32,33,37). The van der Waals surface area contributed by atoms with E-state index in [-0.39, 0.29) is 11.3 Å². The minimum absolute atomic E-state index is 0.141. The first-order valence-corrected chi connectivity index (χ1v) is 14.9. The van der Waals surface area contributed by atoms with Crippen molar-refractivity contribution < 1.29 is 4.79 Å². The molecule has 38 heavy (non-hydrogen) atoms. The van der Waals surface area contributed by atoms with Gasteiger partial charge in [-0.2, -0.15) is 5.10 Å². The van der Waals surface area contributed by atoms with Gasteiger partial charge in [0.05, 0.1) is 11.3 Å². The minimum atomic E-state index is -0.141. The Morgan fingerprint density at radius 1 is 1.11 bits per heavy atom. The average molecular weight is 534 g/mol. The fraction of sp³-hybridized carbons (Fsp3) is 0.483. The van der Waals surface area contributed by atoms with Gasteiger partial charge in [0, 0.05) is 43.5 Å². The number of piperidine rings is 1. The molecule has 202 valence electrons. The van der Waals surface area contributed by atoms with Crippen LogP contribution >= 0.6 is 11.9 Å². The summed E-state index contributed by atoms with van der Waals surface area (Å²) in [5.41, 5.74) is 3.82. The third kappa shape index (κ3) is 6.26. The van der Waals surface area contributed by atoms with Gasteiger partial charge in [0.25, 0.3) is 5.91 Å². The Morgan fingerprint density at radius 3 is 2.84 bits per heavy atom. The lowest BCUT2D eigenvalue weighted by Crippen LogP contribution is -2.42. The van der Waals surface area contributed by atoms with E-state index in [1.54, 1.807) is 22.8 Å². The molecule has 1 unspecified atom stereocenters. The van der Waals surface area contributed by atoms with Crippen LogP contribution < -0.4 is 20.3 Å². The number of aromatic nitrogens is 3.